The van der Waals surface area contributed by atoms with Crippen LogP contribution in [0.2, 0.25) is 0 Å². The molecule has 0 aliphatic carbocycles. The van der Waals surface area contributed by atoms with Gasteiger partial charge < -0.3 is 0 Å². The Morgan fingerprint density at radius 1 is 1.21 bits per heavy atom. The fourth-order valence-corrected chi connectivity index (χ4v) is 1.79. The van der Waals surface area contributed by atoms with Crippen LogP contribution in [0.25, 0.3) is 0 Å². The van der Waals surface area contributed by atoms with Crippen LogP contribution in [0.3, 0.4) is 0 Å². The Bertz CT molecular complexity index is 555. The van der Waals surface area contributed by atoms with Crippen LogP contribution < -0.4 is 0 Å². The summed E-state index contributed by atoms with van der Waals surface area (Å²) >= 11 is 0.612. The Labute approximate surface area is 107 Å². The molecule has 9 heteroatoms. The van der Waals surface area contributed by atoms with Gasteiger partial charge in [-0.15, -0.1) is 11.3 Å². The van der Waals surface area contributed by atoms with Gasteiger partial charge in [0.25, 0.3) is 0 Å². The Kier molecular flexibility index (Phi) is 4.05. The number of nitrogens with zero attached hydrogens (tertiary/aromatic N) is 1. The molecule has 0 saturated heterocycles. The van der Waals surface area contributed by atoms with E-state index in [0.717, 1.165) is 6.07 Å². The molecule has 0 radical (unpaired) electrons. The smallest absolute Gasteiger partial charge is 0.293 e. The summed E-state index contributed by atoms with van der Waals surface area (Å²) in [6.45, 7) is 0. The molecule has 0 N–H and O–H groups in total. The lowest BCUT2D eigenvalue weighted by molar-refractivity contribution is -0.268. The maximum atomic E-state index is 12.6. The van der Waals surface area contributed by atoms with E-state index in [4.69, 9.17) is 5.26 Å². The molecule has 0 amide bonds. The highest BCUT2D eigenvalue weighted by Gasteiger charge is 2.62. The average molecular weight is 297 g/mol. The number of Topliss-reactive ketones (excluding diaryl/α,β-unsaturated/α-hetero) is 2. The number of hydrogen-bond acceptors (Lipinski definition) is 4. The van der Waals surface area contributed by atoms with E-state index in [2.05, 4.69) is 0 Å². The third kappa shape index (κ3) is 3.14. The molecule has 19 heavy (non-hydrogen) atoms. The van der Waals surface area contributed by atoms with Crippen molar-refractivity contribution in [1.29, 1.82) is 5.26 Å². The minimum absolute atomic E-state index is 0.0818. The van der Waals surface area contributed by atoms with Crippen molar-refractivity contribution < 1.29 is 31.5 Å². The first-order chi connectivity index (χ1) is 8.59. The maximum Gasteiger partial charge on any atom is 0.461 e. The normalized spacial score (nSPS) is 12.0. The van der Waals surface area contributed by atoms with Crippen molar-refractivity contribution in [1.82, 2.24) is 0 Å². The number of carbonyl (C=O) groups is 2. The van der Waals surface area contributed by atoms with Crippen molar-refractivity contribution in [2.24, 2.45) is 0 Å². The van der Waals surface area contributed by atoms with Crippen LogP contribution in [0.5, 0.6) is 0 Å². The van der Waals surface area contributed by atoms with Crippen LogP contribution in [0.4, 0.5) is 22.0 Å². The van der Waals surface area contributed by atoms with Gasteiger partial charge in [-0.2, -0.15) is 27.2 Å². The van der Waals surface area contributed by atoms with Crippen LogP contribution in [0.15, 0.2) is 12.1 Å². The topological polar surface area (TPSA) is 57.9 Å². The molecular weight excluding hydrogens is 293 g/mol. The number of alkyl halides is 5. The number of carbonyl (C=O) groups excluding carboxylic acids is 2. The average Bonchev–Trinajstić information content (AvgIpc) is 2.75. The molecule has 0 spiro atoms. The standard InChI is InChI=1S/C10H4F5NO2S/c11-9(12,10(13,14)15)8(18)3-6(17)7-2-1-5(4-16)19-7/h1-2H,3H2. The molecular formula is C10H4F5NO2S. The lowest BCUT2D eigenvalue weighted by Crippen LogP contribution is -2.44. The SMILES string of the molecule is N#Cc1ccc(C(=O)CC(=O)C(F)(F)C(F)(F)F)s1. The predicted molar refractivity (Wildman–Crippen MR) is 54.0 cm³/mol. The number of thiophene rings is 1. The van der Waals surface area contributed by atoms with E-state index in [-0.39, 0.29) is 9.75 Å². The van der Waals surface area contributed by atoms with Crippen molar-refractivity contribution in [3.05, 3.63) is 21.9 Å². The first-order valence-corrected chi connectivity index (χ1v) is 5.42. The molecule has 1 aromatic heterocycles. The molecule has 0 aliphatic rings. The molecule has 0 aliphatic heterocycles. The van der Waals surface area contributed by atoms with Gasteiger partial charge in [-0.25, -0.2) is 0 Å². The van der Waals surface area contributed by atoms with E-state index in [0.29, 0.717) is 11.3 Å². The molecule has 0 unspecified atom stereocenters. The largest absolute Gasteiger partial charge is 0.461 e. The van der Waals surface area contributed by atoms with Crippen molar-refractivity contribution in [3.63, 3.8) is 0 Å². The quantitative estimate of drug-likeness (QED) is 0.488. The second-order valence-corrected chi connectivity index (χ2v) is 4.45. The Hall–Kier alpha value is -1.82. The van der Waals surface area contributed by atoms with Gasteiger partial charge in [0.2, 0.25) is 5.78 Å². The molecule has 102 valence electrons. The molecule has 0 aromatic carbocycles. The summed E-state index contributed by atoms with van der Waals surface area (Å²) in [7, 11) is 0. The van der Waals surface area contributed by atoms with E-state index in [1.165, 1.54) is 6.07 Å². The molecule has 3 nitrogen and oxygen atoms in total. The van der Waals surface area contributed by atoms with Gasteiger partial charge in [0.1, 0.15) is 10.9 Å². The minimum Gasteiger partial charge on any atom is -0.293 e. The molecule has 1 aromatic rings. The minimum atomic E-state index is -6.03. The van der Waals surface area contributed by atoms with Crippen molar-refractivity contribution in [2.45, 2.75) is 18.5 Å². The summed E-state index contributed by atoms with van der Waals surface area (Å²) in [6, 6.07) is 3.95. The summed E-state index contributed by atoms with van der Waals surface area (Å²) in [6.07, 6.45) is -7.60. The summed E-state index contributed by atoms with van der Waals surface area (Å²) in [5, 5.41) is 8.46. The first-order valence-electron chi connectivity index (χ1n) is 4.60. The number of rotatable bonds is 4. The Balaban J connectivity index is 2.84. The molecule has 1 rings (SSSR count). The van der Waals surface area contributed by atoms with E-state index >= 15 is 0 Å². The highest BCUT2D eigenvalue weighted by Crippen LogP contribution is 2.37. The maximum absolute atomic E-state index is 12.6. The van der Waals surface area contributed by atoms with E-state index in [9.17, 15) is 31.5 Å². The zero-order valence-corrected chi connectivity index (χ0v) is 9.74. The third-order valence-corrected chi connectivity index (χ3v) is 3.05. The summed E-state index contributed by atoms with van der Waals surface area (Å²) in [5.74, 6) is -9.25. The van der Waals surface area contributed by atoms with E-state index in [1.54, 1.807) is 6.07 Å². The highest BCUT2D eigenvalue weighted by atomic mass is 32.1. The molecule has 1 heterocycles. The van der Waals surface area contributed by atoms with Gasteiger partial charge in [0, 0.05) is 0 Å². The van der Waals surface area contributed by atoms with Crippen LogP contribution in [0.1, 0.15) is 21.0 Å². The Morgan fingerprint density at radius 3 is 2.21 bits per heavy atom. The first kappa shape index (κ1) is 15.2. The second kappa shape index (κ2) is 5.05. The zero-order chi connectivity index (χ0) is 14.8. The lowest BCUT2D eigenvalue weighted by Gasteiger charge is -2.17. The van der Waals surface area contributed by atoms with Crippen LogP contribution >= 0.6 is 11.3 Å². The second-order valence-electron chi connectivity index (χ2n) is 3.37. The number of ketones is 2. The van der Waals surface area contributed by atoms with Gasteiger partial charge in [0.05, 0.1) is 11.3 Å². The third-order valence-electron chi connectivity index (χ3n) is 2.02. The fraction of sp³-hybridized carbons (Fsp3) is 0.300. The highest BCUT2D eigenvalue weighted by molar-refractivity contribution is 7.14. The van der Waals surface area contributed by atoms with Gasteiger partial charge in [0.15, 0.2) is 5.78 Å². The summed E-state index contributed by atoms with van der Waals surface area (Å²) < 4.78 is 60.8. The number of hydrogen-bond donors (Lipinski definition) is 0. The predicted octanol–water partition coefficient (Wildman–Crippen LogP) is 2.96. The van der Waals surface area contributed by atoms with Crippen LogP contribution in [-0.4, -0.2) is 23.7 Å². The molecule has 0 bridgehead atoms. The van der Waals surface area contributed by atoms with E-state index in [1.807, 2.05) is 0 Å². The van der Waals surface area contributed by atoms with Gasteiger partial charge in [-0.05, 0) is 12.1 Å². The molecule has 0 saturated carbocycles. The van der Waals surface area contributed by atoms with Gasteiger partial charge in [-0.3, -0.25) is 9.59 Å². The summed E-state index contributed by atoms with van der Waals surface area (Å²) in [5.41, 5.74) is 0. The summed E-state index contributed by atoms with van der Waals surface area (Å²) in [4.78, 5) is 22.0. The lowest BCUT2D eigenvalue weighted by atomic mass is 10.1. The fourth-order valence-electron chi connectivity index (χ4n) is 1.05. The van der Waals surface area contributed by atoms with Crippen LogP contribution in [-0.2, 0) is 4.79 Å². The van der Waals surface area contributed by atoms with Crippen molar-refractivity contribution in [2.75, 3.05) is 0 Å². The number of halogens is 5. The zero-order valence-electron chi connectivity index (χ0n) is 8.92. The molecule has 0 fully saturated rings. The van der Waals surface area contributed by atoms with E-state index < -0.39 is 30.1 Å². The number of nitriles is 1. The van der Waals surface area contributed by atoms with Gasteiger partial charge in [-0.1, -0.05) is 0 Å². The monoisotopic (exact) mass is 297 g/mol. The van der Waals surface area contributed by atoms with Gasteiger partial charge >= 0.3 is 12.1 Å². The van der Waals surface area contributed by atoms with Crippen molar-refractivity contribution >= 4 is 22.9 Å². The van der Waals surface area contributed by atoms with Crippen molar-refractivity contribution in [3.8, 4) is 6.07 Å². The van der Waals surface area contributed by atoms with Crippen LogP contribution in [0, 0.1) is 11.3 Å². The molecule has 0 atom stereocenters. The Morgan fingerprint density at radius 2 is 1.79 bits per heavy atom.